The Morgan fingerprint density at radius 2 is 1.89 bits per heavy atom. The normalized spacial score (nSPS) is 24.7. The molecule has 2 rings (SSSR count). The van der Waals surface area contributed by atoms with E-state index in [0.717, 1.165) is 22.0 Å². The van der Waals surface area contributed by atoms with E-state index in [1.54, 1.807) is 0 Å². The molecule has 0 amide bonds. The second-order valence-corrected chi connectivity index (χ2v) is 7.05. The largest absolute Gasteiger partial charge is 0.364 e. The number of hydrogen-bond acceptors (Lipinski definition) is 2. The molecule has 1 aliphatic heterocycles. The number of halogens is 2. The highest BCUT2D eigenvalue weighted by molar-refractivity contribution is 9.11. The summed E-state index contributed by atoms with van der Waals surface area (Å²) in [6.45, 7) is 8.92. The monoisotopic (exact) mass is 374 g/mol. The standard InChI is InChI=1S/C14H20Br2N2/c1-9(2)13-7-17-10(3)8-18(13)14-11(15)5-4-6-12(14)16/h4-6,9-10,13,17H,7-8H2,1-3H3. The van der Waals surface area contributed by atoms with Gasteiger partial charge in [0.25, 0.3) is 0 Å². The summed E-state index contributed by atoms with van der Waals surface area (Å²) in [4.78, 5) is 2.53. The van der Waals surface area contributed by atoms with Gasteiger partial charge >= 0.3 is 0 Å². The van der Waals surface area contributed by atoms with Crippen LogP contribution in [0.3, 0.4) is 0 Å². The van der Waals surface area contributed by atoms with Crippen LogP contribution in [0.25, 0.3) is 0 Å². The van der Waals surface area contributed by atoms with Crippen molar-refractivity contribution in [1.29, 1.82) is 0 Å². The number of rotatable bonds is 2. The third-order valence-corrected chi connectivity index (χ3v) is 4.82. The lowest BCUT2D eigenvalue weighted by molar-refractivity contribution is 0.348. The predicted molar refractivity (Wildman–Crippen MR) is 85.3 cm³/mol. The van der Waals surface area contributed by atoms with E-state index in [1.165, 1.54) is 5.69 Å². The molecule has 2 unspecified atom stereocenters. The Kier molecular flexibility index (Phi) is 4.73. The molecule has 1 heterocycles. The summed E-state index contributed by atoms with van der Waals surface area (Å²) >= 11 is 7.37. The number of anilines is 1. The van der Waals surface area contributed by atoms with E-state index in [1.807, 2.05) is 0 Å². The molecule has 2 atom stereocenters. The van der Waals surface area contributed by atoms with Crippen LogP contribution in [0.2, 0.25) is 0 Å². The van der Waals surface area contributed by atoms with Crippen molar-refractivity contribution in [1.82, 2.24) is 5.32 Å². The van der Waals surface area contributed by atoms with Gasteiger partial charge in [0.05, 0.1) is 5.69 Å². The minimum absolute atomic E-state index is 0.527. The molecule has 0 aromatic heterocycles. The Hall–Kier alpha value is -0.0600. The molecule has 4 heteroatoms. The van der Waals surface area contributed by atoms with Gasteiger partial charge < -0.3 is 10.2 Å². The molecule has 1 aromatic carbocycles. The summed E-state index contributed by atoms with van der Waals surface area (Å²) in [6, 6.07) is 7.36. The lowest BCUT2D eigenvalue weighted by atomic mass is 9.98. The van der Waals surface area contributed by atoms with Crippen molar-refractivity contribution in [3.8, 4) is 0 Å². The van der Waals surface area contributed by atoms with Crippen molar-refractivity contribution in [3.05, 3.63) is 27.1 Å². The molecular formula is C14H20Br2N2. The summed E-state index contributed by atoms with van der Waals surface area (Å²) in [5, 5.41) is 3.58. The van der Waals surface area contributed by atoms with Gasteiger partial charge in [-0.1, -0.05) is 19.9 Å². The number of para-hydroxylation sites is 1. The first-order chi connectivity index (χ1) is 8.50. The van der Waals surface area contributed by atoms with Gasteiger partial charge in [-0.3, -0.25) is 0 Å². The van der Waals surface area contributed by atoms with Gasteiger partial charge in [0.15, 0.2) is 0 Å². The molecule has 1 aromatic rings. The van der Waals surface area contributed by atoms with Crippen molar-refractivity contribution in [2.24, 2.45) is 5.92 Å². The third-order valence-electron chi connectivity index (χ3n) is 3.54. The zero-order valence-electron chi connectivity index (χ0n) is 11.1. The molecule has 1 aliphatic rings. The second-order valence-electron chi connectivity index (χ2n) is 5.34. The van der Waals surface area contributed by atoms with Crippen LogP contribution in [0.1, 0.15) is 20.8 Å². The van der Waals surface area contributed by atoms with Crippen LogP contribution in [0.5, 0.6) is 0 Å². The summed E-state index contributed by atoms with van der Waals surface area (Å²) < 4.78 is 2.33. The van der Waals surface area contributed by atoms with Gasteiger partial charge in [0, 0.05) is 34.1 Å². The smallest absolute Gasteiger partial charge is 0.0658 e. The van der Waals surface area contributed by atoms with Gasteiger partial charge in [0.2, 0.25) is 0 Å². The van der Waals surface area contributed by atoms with Crippen molar-refractivity contribution in [3.63, 3.8) is 0 Å². The van der Waals surface area contributed by atoms with Crippen molar-refractivity contribution < 1.29 is 0 Å². The first kappa shape index (κ1) is 14.4. The van der Waals surface area contributed by atoms with Crippen LogP contribution in [0, 0.1) is 5.92 Å². The first-order valence-corrected chi connectivity index (χ1v) is 8.03. The van der Waals surface area contributed by atoms with Crippen LogP contribution >= 0.6 is 31.9 Å². The zero-order valence-corrected chi connectivity index (χ0v) is 14.3. The van der Waals surface area contributed by atoms with Crippen molar-refractivity contribution >= 4 is 37.5 Å². The predicted octanol–water partition coefficient (Wildman–Crippen LogP) is 4.03. The van der Waals surface area contributed by atoms with E-state index in [2.05, 4.69) is 81.0 Å². The highest BCUT2D eigenvalue weighted by Crippen LogP contribution is 2.37. The molecule has 2 nitrogen and oxygen atoms in total. The minimum Gasteiger partial charge on any atom is -0.364 e. The average molecular weight is 376 g/mol. The second kappa shape index (κ2) is 5.93. The van der Waals surface area contributed by atoms with E-state index in [-0.39, 0.29) is 0 Å². The van der Waals surface area contributed by atoms with E-state index < -0.39 is 0 Å². The first-order valence-electron chi connectivity index (χ1n) is 6.44. The SMILES string of the molecule is CC1CN(c2c(Br)cccc2Br)C(C(C)C)CN1. The quantitative estimate of drug-likeness (QED) is 0.839. The molecule has 1 N–H and O–H groups in total. The Morgan fingerprint density at radius 1 is 1.28 bits per heavy atom. The fraction of sp³-hybridized carbons (Fsp3) is 0.571. The van der Waals surface area contributed by atoms with Crippen LogP contribution < -0.4 is 10.2 Å². The Bertz CT molecular complexity index is 400. The van der Waals surface area contributed by atoms with Gasteiger partial charge in [0.1, 0.15) is 0 Å². The minimum atomic E-state index is 0.527. The highest BCUT2D eigenvalue weighted by atomic mass is 79.9. The van der Waals surface area contributed by atoms with E-state index in [9.17, 15) is 0 Å². The molecule has 0 saturated carbocycles. The van der Waals surface area contributed by atoms with Gasteiger partial charge in [-0.25, -0.2) is 0 Å². The molecule has 1 fully saturated rings. The number of nitrogens with zero attached hydrogens (tertiary/aromatic N) is 1. The zero-order chi connectivity index (χ0) is 13.3. The Morgan fingerprint density at radius 3 is 2.44 bits per heavy atom. The molecule has 0 radical (unpaired) electrons. The van der Waals surface area contributed by atoms with Crippen LogP contribution in [0.15, 0.2) is 27.1 Å². The summed E-state index contributed by atoms with van der Waals surface area (Å²) in [7, 11) is 0. The van der Waals surface area contributed by atoms with Gasteiger partial charge in [-0.2, -0.15) is 0 Å². The fourth-order valence-corrected chi connectivity index (χ4v) is 4.00. The highest BCUT2D eigenvalue weighted by Gasteiger charge is 2.30. The topological polar surface area (TPSA) is 15.3 Å². The maximum absolute atomic E-state index is 3.69. The molecule has 1 saturated heterocycles. The van der Waals surface area contributed by atoms with Crippen LogP contribution in [-0.2, 0) is 0 Å². The van der Waals surface area contributed by atoms with Crippen LogP contribution in [-0.4, -0.2) is 25.2 Å². The number of piperazine rings is 1. The maximum Gasteiger partial charge on any atom is 0.0658 e. The molecule has 100 valence electrons. The third kappa shape index (κ3) is 2.91. The molecule has 0 bridgehead atoms. The lowest BCUT2D eigenvalue weighted by Gasteiger charge is -2.43. The van der Waals surface area contributed by atoms with E-state index in [4.69, 9.17) is 0 Å². The molecule has 18 heavy (non-hydrogen) atoms. The summed E-state index contributed by atoms with van der Waals surface area (Å²) in [5.74, 6) is 0.629. The van der Waals surface area contributed by atoms with Gasteiger partial charge in [-0.15, -0.1) is 0 Å². The van der Waals surface area contributed by atoms with E-state index in [0.29, 0.717) is 18.0 Å². The maximum atomic E-state index is 3.69. The van der Waals surface area contributed by atoms with Crippen molar-refractivity contribution in [2.75, 3.05) is 18.0 Å². The van der Waals surface area contributed by atoms with Crippen LogP contribution in [0.4, 0.5) is 5.69 Å². The fourth-order valence-electron chi connectivity index (χ4n) is 2.54. The number of hydrogen-bond donors (Lipinski definition) is 1. The van der Waals surface area contributed by atoms with Crippen molar-refractivity contribution in [2.45, 2.75) is 32.9 Å². The molecular weight excluding hydrogens is 356 g/mol. The number of benzene rings is 1. The lowest BCUT2D eigenvalue weighted by Crippen LogP contribution is -2.57. The average Bonchev–Trinajstić information content (AvgIpc) is 2.28. The summed E-state index contributed by atoms with van der Waals surface area (Å²) in [5.41, 5.74) is 1.28. The summed E-state index contributed by atoms with van der Waals surface area (Å²) in [6.07, 6.45) is 0. The Balaban J connectivity index is 2.38. The number of nitrogens with one attached hydrogen (secondary N) is 1. The van der Waals surface area contributed by atoms with E-state index >= 15 is 0 Å². The Labute approximate surface area is 126 Å². The molecule has 0 aliphatic carbocycles. The van der Waals surface area contributed by atoms with Gasteiger partial charge in [-0.05, 0) is 56.8 Å². The molecule has 0 spiro atoms.